The molecular weight excluding hydrogens is 268 g/mol. The van der Waals surface area contributed by atoms with Gasteiger partial charge in [-0.3, -0.25) is 4.55 Å². The monoisotopic (exact) mass is 278 g/mol. The van der Waals surface area contributed by atoms with Gasteiger partial charge in [0, 0.05) is 0 Å². The number of hydrogen-bond acceptors (Lipinski definition) is 3. The zero-order chi connectivity index (χ0) is 14.0. The van der Waals surface area contributed by atoms with Crippen LogP contribution in [0, 0.1) is 0 Å². The van der Waals surface area contributed by atoms with E-state index in [0.717, 1.165) is 6.07 Å². The predicted molar refractivity (Wildman–Crippen MR) is 68.7 cm³/mol. The number of rotatable bonds is 3. The summed E-state index contributed by atoms with van der Waals surface area (Å²) in [6.45, 7) is 0. The maximum atomic E-state index is 11.3. The van der Waals surface area contributed by atoms with Crippen LogP contribution in [0.15, 0.2) is 53.4 Å². The third-order valence-corrected chi connectivity index (χ3v) is 3.50. The van der Waals surface area contributed by atoms with Crippen LogP contribution in [0.4, 0.5) is 0 Å². The van der Waals surface area contributed by atoms with Crippen LogP contribution < -0.4 is 0 Å². The van der Waals surface area contributed by atoms with Crippen molar-refractivity contribution in [3.63, 3.8) is 0 Å². The van der Waals surface area contributed by atoms with Gasteiger partial charge in [0.2, 0.25) is 0 Å². The third-order valence-electron chi connectivity index (χ3n) is 2.60. The van der Waals surface area contributed by atoms with Crippen molar-refractivity contribution in [2.24, 2.45) is 0 Å². The fourth-order valence-corrected chi connectivity index (χ4v) is 2.53. The van der Waals surface area contributed by atoms with E-state index in [-0.39, 0.29) is 5.56 Å². The molecule has 0 aliphatic heterocycles. The van der Waals surface area contributed by atoms with E-state index in [0.29, 0.717) is 5.56 Å². The van der Waals surface area contributed by atoms with Crippen molar-refractivity contribution >= 4 is 16.1 Å². The number of hydrogen-bond donors (Lipinski definition) is 2. The Kier molecular flexibility index (Phi) is 3.37. The van der Waals surface area contributed by atoms with E-state index in [2.05, 4.69) is 0 Å². The Morgan fingerprint density at radius 3 is 2.11 bits per heavy atom. The Bertz CT molecular complexity index is 720. The second kappa shape index (κ2) is 4.83. The lowest BCUT2D eigenvalue weighted by atomic mass is 10.00. The molecule has 0 radical (unpaired) electrons. The topological polar surface area (TPSA) is 91.7 Å². The van der Waals surface area contributed by atoms with E-state index in [1.807, 2.05) is 0 Å². The van der Waals surface area contributed by atoms with Gasteiger partial charge >= 0.3 is 5.97 Å². The van der Waals surface area contributed by atoms with Gasteiger partial charge in [-0.1, -0.05) is 42.5 Å². The molecule has 0 unspecified atom stereocenters. The Labute approximate surface area is 109 Å². The highest BCUT2D eigenvalue weighted by atomic mass is 32.2. The van der Waals surface area contributed by atoms with Gasteiger partial charge in [-0.25, -0.2) is 4.79 Å². The van der Waals surface area contributed by atoms with Crippen LogP contribution in [0.1, 0.15) is 10.4 Å². The first-order chi connectivity index (χ1) is 8.91. The molecule has 0 aliphatic rings. The maximum Gasteiger partial charge on any atom is 0.337 e. The van der Waals surface area contributed by atoms with Crippen molar-refractivity contribution in [3.05, 3.63) is 54.1 Å². The molecule has 2 N–H and O–H groups in total. The summed E-state index contributed by atoms with van der Waals surface area (Å²) in [6, 6.07) is 12.4. The SMILES string of the molecule is O=C(O)c1c(-c2ccccc2)cccc1S(=O)(=O)O. The average molecular weight is 278 g/mol. The fraction of sp³-hybridized carbons (Fsp3) is 0. The number of carboxylic acid groups (broad SMARTS) is 1. The first-order valence-corrected chi connectivity index (χ1v) is 6.74. The molecular formula is C13H10O5S. The lowest BCUT2D eigenvalue weighted by molar-refractivity contribution is 0.0693. The predicted octanol–water partition coefficient (Wildman–Crippen LogP) is 2.30. The summed E-state index contributed by atoms with van der Waals surface area (Å²) in [5.74, 6) is -1.41. The molecule has 98 valence electrons. The smallest absolute Gasteiger partial charge is 0.337 e. The lowest BCUT2D eigenvalue weighted by Gasteiger charge is -2.09. The number of carboxylic acids is 1. The van der Waals surface area contributed by atoms with Gasteiger partial charge in [0.25, 0.3) is 10.1 Å². The molecule has 0 saturated carbocycles. The molecule has 0 spiro atoms. The molecule has 19 heavy (non-hydrogen) atoms. The van der Waals surface area contributed by atoms with E-state index >= 15 is 0 Å². The Morgan fingerprint density at radius 2 is 1.58 bits per heavy atom. The molecule has 2 aromatic rings. The minimum absolute atomic E-state index is 0.239. The normalized spacial score (nSPS) is 11.2. The van der Waals surface area contributed by atoms with Crippen LogP contribution in [-0.2, 0) is 10.1 Å². The van der Waals surface area contributed by atoms with Crippen molar-refractivity contribution in [1.82, 2.24) is 0 Å². The third kappa shape index (κ3) is 2.64. The molecule has 0 amide bonds. The zero-order valence-electron chi connectivity index (χ0n) is 9.65. The Hall–Kier alpha value is -2.18. The zero-order valence-corrected chi connectivity index (χ0v) is 10.5. The van der Waals surface area contributed by atoms with E-state index in [1.165, 1.54) is 12.1 Å². The summed E-state index contributed by atoms with van der Waals surface area (Å²) in [5, 5.41) is 9.20. The van der Waals surface area contributed by atoms with Crippen LogP contribution >= 0.6 is 0 Å². The fourth-order valence-electron chi connectivity index (χ4n) is 1.82. The van der Waals surface area contributed by atoms with Crippen molar-refractivity contribution in [3.8, 4) is 11.1 Å². The minimum atomic E-state index is -4.59. The summed E-state index contributed by atoms with van der Waals surface area (Å²) in [7, 11) is -4.59. The minimum Gasteiger partial charge on any atom is -0.478 e. The summed E-state index contributed by atoms with van der Waals surface area (Å²) in [5.41, 5.74) is 0.366. The summed E-state index contributed by atoms with van der Waals surface area (Å²) >= 11 is 0. The average Bonchev–Trinajstić information content (AvgIpc) is 2.37. The molecule has 6 heteroatoms. The molecule has 0 heterocycles. The summed E-state index contributed by atoms with van der Waals surface area (Å²) in [6.07, 6.45) is 0. The standard InChI is InChI=1S/C13H10O5S/c14-13(15)12-10(9-5-2-1-3-6-9)7-4-8-11(12)19(16,17)18/h1-8H,(H,14,15)(H,16,17,18). The molecule has 2 aromatic carbocycles. The van der Waals surface area contributed by atoms with E-state index < -0.39 is 26.5 Å². The summed E-state index contributed by atoms with van der Waals surface area (Å²) in [4.78, 5) is 10.7. The molecule has 0 fully saturated rings. The van der Waals surface area contributed by atoms with Gasteiger partial charge in [0.1, 0.15) is 4.90 Å². The van der Waals surface area contributed by atoms with Gasteiger partial charge in [0.05, 0.1) is 5.56 Å². The van der Waals surface area contributed by atoms with Crippen molar-refractivity contribution < 1.29 is 22.9 Å². The molecule has 2 rings (SSSR count). The van der Waals surface area contributed by atoms with Crippen LogP contribution in [-0.4, -0.2) is 24.0 Å². The second-order valence-electron chi connectivity index (χ2n) is 3.82. The van der Waals surface area contributed by atoms with Gasteiger partial charge < -0.3 is 5.11 Å². The maximum absolute atomic E-state index is 11.3. The Balaban J connectivity index is 2.80. The van der Waals surface area contributed by atoms with Crippen LogP contribution in [0.25, 0.3) is 11.1 Å². The number of aromatic carboxylic acids is 1. The molecule has 0 bridgehead atoms. The quantitative estimate of drug-likeness (QED) is 0.840. The van der Waals surface area contributed by atoms with Crippen LogP contribution in [0.3, 0.4) is 0 Å². The molecule has 0 aliphatic carbocycles. The van der Waals surface area contributed by atoms with Gasteiger partial charge in [-0.2, -0.15) is 8.42 Å². The van der Waals surface area contributed by atoms with Crippen LogP contribution in [0.2, 0.25) is 0 Å². The van der Waals surface area contributed by atoms with Crippen molar-refractivity contribution in [2.75, 3.05) is 0 Å². The van der Waals surface area contributed by atoms with E-state index in [9.17, 15) is 18.3 Å². The van der Waals surface area contributed by atoms with E-state index in [4.69, 9.17) is 4.55 Å². The number of carbonyl (C=O) groups is 1. The lowest BCUT2D eigenvalue weighted by Crippen LogP contribution is -2.09. The largest absolute Gasteiger partial charge is 0.478 e. The first kappa shape index (κ1) is 13.3. The van der Waals surface area contributed by atoms with Gasteiger partial charge in [-0.05, 0) is 17.2 Å². The molecule has 0 aromatic heterocycles. The van der Waals surface area contributed by atoms with Gasteiger partial charge in [-0.15, -0.1) is 0 Å². The second-order valence-corrected chi connectivity index (χ2v) is 5.21. The highest BCUT2D eigenvalue weighted by Gasteiger charge is 2.23. The van der Waals surface area contributed by atoms with Crippen molar-refractivity contribution in [2.45, 2.75) is 4.90 Å². The first-order valence-electron chi connectivity index (χ1n) is 5.30. The Morgan fingerprint density at radius 1 is 0.947 bits per heavy atom. The van der Waals surface area contributed by atoms with E-state index in [1.54, 1.807) is 30.3 Å². The van der Waals surface area contributed by atoms with Gasteiger partial charge in [0.15, 0.2) is 0 Å². The molecule has 5 nitrogen and oxygen atoms in total. The van der Waals surface area contributed by atoms with Crippen molar-refractivity contribution in [1.29, 1.82) is 0 Å². The number of benzene rings is 2. The van der Waals surface area contributed by atoms with Crippen LogP contribution in [0.5, 0.6) is 0 Å². The summed E-state index contributed by atoms with van der Waals surface area (Å²) < 4.78 is 31.6. The molecule has 0 saturated heterocycles. The molecule has 0 atom stereocenters. The highest BCUT2D eigenvalue weighted by Crippen LogP contribution is 2.28. The highest BCUT2D eigenvalue weighted by molar-refractivity contribution is 7.86.